The lowest BCUT2D eigenvalue weighted by molar-refractivity contribution is 0.0280. The average Bonchev–Trinajstić information content (AvgIpc) is 3.20. The summed E-state index contributed by atoms with van der Waals surface area (Å²) in [6.07, 6.45) is -1.03. The van der Waals surface area contributed by atoms with Gasteiger partial charge in [0.15, 0.2) is 6.10 Å². The van der Waals surface area contributed by atoms with Crippen molar-refractivity contribution in [2.45, 2.75) is 19.6 Å². The van der Waals surface area contributed by atoms with Gasteiger partial charge in [0.2, 0.25) is 5.78 Å². The lowest BCUT2D eigenvalue weighted by Gasteiger charge is -2.17. The van der Waals surface area contributed by atoms with E-state index in [1.807, 2.05) is 31.2 Å². The Kier molecular flexibility index (Phi) is 5.16. The van der Waals surface area contributed by atoms with E-state index in [2.05, 4.69) is 10.3 Å². The fourth-order valence-corrected chi connectivity index (χ4v) is 3.16. The molecule has 0 radical (unpaired) electrons. The van der Waals surface area contributed by atoms with Crippen molar-refractivity contribution in [1.82, 2.24) is 15.0 Å². The molecule has 4 aromatic rings. The molecule has 0 unspecified atom stereocenters. The van der Waals surface area contributed by atoms with Gasteiger partial charge in [-0.1, -0.05) is 65.9 Å². The molecule has 0 spiro atoms. The zero-order valence-corrected chi connectivity index (χ0v) is 15.9. The average molecular weight is 385 g/mol. The number of ether oxygens (including phenoxy) is 1. The zero-order chi connectivity index (χ0) is 20.2. The highest BCUT2D eigenvalue weighted by atomic mass is 16.5. The number of carbonyl (C=O) groups excluding carboxylic acids is 2. The van der Waals surface area contributed by atoms with Gasteiger partial charge >= 0.3 is 5.97 Å². The van der Waals surface area contributed by atoms with Crippen LogP contribution in [0.2, 0.25) is 0 Å². The topological polar surface area (TPSA) is 74.1 Å². The lowest BCUT2D eigenvalue weighted by atomic mass is 9.99. The van der Waals surface area contributed by atoms with Crippen LogP contribution < -0.4 is 0 Å². The Bertz CT molecular complexity index is 1150. The number of aromatic nitrogens is 3. The smallest absolute Gasteiger partial charge is 0.339 e. The molecule has 0 aliphatic carbocycles. The van der Waals surface area contributed by atoms with Crippen LogP contribution in [0.15, 0.2) is 78.9 Å². The summed E-state index contributed by atoms with van der Waals surface area (Å²) in [4.78, 5) is 25.9. The first-order chi connectivity index (χ1) is 14.2. The SMILES string of the molecule is CCn1nnc2cc(C(=O)O[C@@H](C(=O)c3ccccc3)c3ccccc3)ccc21. The van der Waals surface area contributed by atoms with Crippen molar-refractivity contribution in [3.63, 3.8) is 0 Å². The summed E-state index contributed by atoms with van der Waals surface area (Å²) in [5.41, 5.74) is 2.86. The number of carbonyl (C=O) groups is 2. The lowest BCUT2D eigenvalue weighted by Crippen LogP contribution is -2.20. The van der Waals surface area contributed by atoms with Crippen molar-refractivity contribution in [3.05, 3.63) is 95.6 Å². The number of ketones is 1. The van der Waals surface area contributed by atoms with Crippen LogP contribution in [0.4, 0.5) is 0 Å². The summed E-state index contributed by atoms with van der Waals surface area (Å²) >= 11 is 0. The van der Waals surface area contributed by atoms with E-state index in [-0.39, 0.29) is 5.78 Å². The molecule has 0 N–H and O–H groups in total. The first-order valence-corrected chi connectivity index (χ1v) is 9.36. The number of rotatable bonds is 6. The minimum absolute atomic E-state index is 0.275. The van der Waals surface area contributed by atoms with E-state index in [0.717, 1.165) is 5.52 Å². The predicted molar refractivity (Wildman–Crippen MR) is 109 cm³/mol. The van der Waals surface area contributed by atoms with Gasteiger partial charge in [-0.05, 0) is 25.1 Å². The van der Waals surface area contributed by atoms with Crippen molar-refractivity contribution >= 4 is 22.8 Å². The van der Waals surface area contributed by atoms with Gasteiger partial charge in [0.25, 0.3) is 0 Å². The van der Waals surface area contributed by atoms with Crippen molar-refractivity contribution in [2.24, 2.45) is 0 Å². The number of benzene rings is 3. The second-order valence-corrected chi connectivity index (χ2v) is 6.54. The summed E-state index contributed by atoms with van der Waals surface area (Å²) < 4.78 is 7.42. The molecule has 0 fully saturated rings. The van der Waals surface area contributed by atoms with Crippen LogP contribution >= 0.6 is 0 Å². The molecule has 29 heavy (non-hydrogen) atoms. The molecule has 6 nitrogen and oxygen atoms in total. The number of Topliss-reactive ketones (excluding diaryl/α,β-unsaturated/α-hetero) is 1. The van der Waals surface area contributed by atoms with Crippen LogP contribution in [0.5, 0.6) is 0 Å². The van der Waals surface area contributed by atoms with E-state index in [1.165, 1.54) is 0 Å². The molecule has 1 heterocycles. The van der Waals surface area contributed by atoms with Gasteiger partial charge < -0.3 is 4.74 Å². The van der Waals surface area contributed by atoms with Gasteiger partial charge in [0.05, 0.1) is 11.1 Å². The summed E-state index contributed by atoms with van der Waals surface area (Å²) in [7, 11) is 0. The number of hydrogen-bond donors (Lipinski definition) is 0. The fourth-order valence-electron chi connectivity index (χ4n) is 3.16. The first-order valence-electron chi connectivity index (χ1n) is 9.36. The number of aryl methyl sites for hydroxylation is 1. The molecule has 0 saturated heterocycles. The highest BCUT2D eigenvalue weighted by Gasteiger charge is 2.27. The molecule has 1 aromatic heterocycles. The Hall–Kier alpha value is -3.80. The Morgan fingerprint density at radius 3 is 2.31 bits per heavy atom. The molecule has 6 heteroatoms. The highest BCUT2D eigenvalue weighted by molar-refractivity contribution is 6.02. The molecule has 144 valence electrons. The molecule has 0 aliphatic rings. The second-order valence-electron chi connectivity index (χ2n) is 6.54. The maximum Gasteiger partial charge on any atom is 0.339 e. The largest absolute Gasteiger partial charge is 0.445 e. The van der Waals surface area contributed by atoms with Gasteiger partial charge in [-0.15, -0.1) is 5.10 Å². The van der Waals surface area contributed by atoms with Crippen LogP contribution in [-0.4, -0.2) is 26.7 Å². The molecule has 0 bridgehead atoms. The van der Waals surface area contributed by atoms with E-state index < -0.39 is 12.1 Å². The number of hydrogen-bond acceptors (Lipinski definition) is 5. The van der Waals surface area contributed by atoms with E-state index in [1.54, 1.807) is 59.3 Å². The Morgan fingerprint density at radius 1 is 0.931 bits per heavy atom. The molecule has 0 saturated carbocycles. The van der Waals surface area contributed by atoms with Gasteiger partial charge in [0, 0.05) is 17.7 Å². The van der Waals surface area contributed by atoms with Crippen LogP contribution in [0, 0.1) is 0 Å². The van der Waals surface area contributed by atoms with Crippen LogP contribution in [0.1, 0.15) is 39.3 Å². The summed E-state index contributed by atoms with van der Waals surface area (Å²) in [6.45, 7) is 2.65. The zero-order valence-electron chi connectivity index (χ0n) is 15.9. The van der Waals surface area contributed by atoms with E-state index >= 15 is 0 Å². The Balaban J connectivity index is 1.65. The van der Waals surface area contributed by atoms with Gasteiger partial charge in [0.1, 0.15) is 5.52 Å². The third kappa shape index (κ3) is 3.78. The minimum Gasteiger partial charge on any atom is -0.445 e. The normalized spacial score (nSPS) is 11.9. The maximum atomic E-state index is 13.1. The van der Waals surface area contributed by atoms with Crippen LogP contribution in [-0.2, 0) is 11.3 Å². The third-order valence-electron chi connectivity index (χ3n) is 4.67. The summed E-state index contributed by atoms with van der Waals surface area (Å²) in [6, 6.07) is 22.9. The minimum atomic E-state index is -1.03. The van der Waals surface area contributed by atoms with Gasteiger partial charge in [-0.25, -0.2) is 9.48 Å². The van der Waals surface area contributed by atoms with Crippen LogP contribution in [0.25, 0.3) is 11.0 Å². The standard InChI is InChI=1S/C23H19N3O3/c1-2-26-20-14-13-18(15-19(20)24-25-26)23(28)29-22(17-11-7-4-8-12-17)21(27)16-9-5-3-6-10-16/h3-15,22H,2H2,1H3/t22-/m1/s1. The molecule has 0 amide bonds. The quantitative estimate of drug-likeness (QED) is 0.367. The molecule has 1 atom stereocenters. The molecule has 4 rings (SSSR count). The van der Waals surface area contributed by atoms with Crippen molar-refractivity contribution < 1.29 is 14.3 Å². The maximum absolute atomic E-state index is 13.1. The number of fused-ring (bicyclic) bond motifs is 1. The predicted octanol–water partition coefficient (Wildman–Crippen LogP) is 4.23. The summed E-state index contributed by atoms with van der Waals surface area (Å²) in [5.74, 6) is -0.862. The van der Waals surface area contributed by atoms with Gasteiger partial charge in [-0.3, -0.25) is 4.79 Å². The molecular formula is C23H19N3O3. The van der Waals surface area contributed by atoms with Gasteiger partial charge in [-0.2, -0.15) is 0 Å². The molecule has 0 aliphatic heterocycles. The highest BCUT2D eigenvalue weighted by Crippen LogP contribution is 2.25. The van der Waals surface area contributed by atoms with E-state index in [0.29, 0.717) is 28.8 Å². The number of esters is 1. The molecule has 3 aromatic carbocycles. The summed E-state index contributed by atoms with van der Waals surface area (Å²) in [5, 5.41) is 8.14. The monoisotopic (exact) mass is 385 g/mol. The van der Waals surface area contributed by atoms with E-state index in [9.17, 15) is 9.59 Å². The second kappa shape index (κ2) is 8.06. The molecular weight excluding hydrogens is 366 g/mol. The Labute approximate surface area is 167 Å². The van der Waals surface area contributed by atoms with Crippen molar-refractivity contribution in [3.8, 4) is 0 Å². The van der Waals surface area contributed by atoms with Crippen molar-refractivity contribution in [2.75, 3.05) is 0 Å². The van der Waals surface area contributed by atoms with E-state index in [4.69, 9.17) is 4.74 Å². The third-order valence-corrected chi connectivity index (χ3v) is 4.67. The van der Waals surface area contributed by atoms with Crippen LogP contribution in [0.3, 0.4) is 0 Å². The Morgan fingerprint density at radius 2 is 1.62 bits per heavy atom. The van der Waals surface area contributed by atoms with Crippen molar-refractivity contribution in [1.29, 1.82) is 0 Å². The fraction of sp³-hybridized carbons (Fsp3) is 0.130. The number of nitrogens with zero attached hydrogens (tertiary/aromatic N) is 3. The first kappa shape index (κ1) is 18.6.